The molecule has 2 heterocycles. The molecule has 2 aliphatic rings. The van der Waals surface area contributed by atoms with E-state index in [1.165, 1.54) is 0 Å². The van der Waals surface area contributed by atoms with Gasteiger partial charge in [-0.3, -0.25) is 28.8 Å². The quantitative estimate of drug-likeness (QED) is 0.231. The number of amides is 1. The van der Waals surface area contributed by atoms with Crippen LogP contribution >= 0.6 is 0 Å². The summed E-state index contributed by atoms with van der Waals surface area (Å²) >= 11 is 0. The van der Waals surface area contributed by atoms with Crippen molar-refractivity contribution in [2.45, 2.75) is 110 Å². The minimum Gasteiger partial charge on any atom is -0.463 e. The second kappa shape index (κ2) is 18.2. The molecule has 10 atom stereocenters. The SMILES string of the molecule is CC(=O)N[C@H]1[C@H](O[C@@H]2[C@@H](OC(C)=O)[C@H](OCc3ccc4ccccc4c3)O[C@H](COC(C)=O)[C@H]2OC(C)=O)O[C@H](COC(C)=O)[C@@H](F)[C@@H]1OC(C)=O. The first kappa shape index (κ1) is 40.1. The number of benzene rings is 2. The smallest absolute Gasteiger partial charge is 0.303 e. The predicted molar refractivity (Wildman–Crippen MR) is 173 cm³/mol. The van der Waals surface area contributed by atoms with E-state index in [1.807, 2.05) is 42.5 Å². The molecule has 0 unspecified atom stereocenters. The van der Waals surface area contributed by atoms with E-state index in [2.05, 4.69) is 5.32 Å². The first-order valence-corrected chi connectivity index (χ1v) is 16.4. The molecular formula is C35H42FNO15. The molecule has 52 heavy (non-hydrogen) atoms. The molecule has 0 spiro atoms. The van der Waals surface area contributed by atoms with E-state index in [4.69, 9.17) is 42.6 Å². The van der Waals surface area contributed by atoms with Gasteiger partial charge in [0.1, 0.15) is 37.6 Å². The molecular weight excluding hydrogens is 693 g/mol. The van der Waals surface area contributed by atoms with E-state index in [0.717, 1.165) is 52.3 Å². The van der Waals surface area contributed by atoms with Crippen molar-refractivity contribution in [2.75, 3.05) is 13.2 Å². The maximum absolute atomic E-state index is 15.9. The lowest BCUT2D eigenvalue weighted by Crippen LogP contribution is -2.68. The Morgan fingerprint density at radius 1 is 0.654 bits per heavy atom. The molecule has 2 aliphatic heterocycles. The van der Waals surface area contributed by atoms with Crippen LogP contribution in [0, 0.1) is 0 Å². The molecule has 0 bridgehead atoms. The fourth-order valence-electron chi connectivity index (χ4n) is 5.87. The van der Waals surface area contributed by atoms with Gasteiger partial charge in [-0.1, -0.05) is 36.4 Å². The molecule has 1 amide bonds. The highest BCUT2D eigenvalue weighted by molar-refractivity contribution is 5.83. The Hall–Kier alpha value is -4.71. The highest BCUT2D eigenvalue weighted by Gasteiger charge is 2.56. The van der Waals surface area contributed by atoms with Crippen molar-refractivity contribution in [3.8, 4) is 0 Å². The fraction of sp³-hybridized carbons (Fsp3) is 0.543. The molecule has 0 saturated carbocycles. The maximum atomic E-state index is 15.9. The van der Waals surface area contributed by atoms with Crippen LogP contribution in [0.2, 0.25) is 0 Å². The number of fused-ring (bicyclic) bond motifs is 1. The van der Waals surface area contributed by atoms with Gasteiger partial charge in [0, 0.05) is 41.5 Å². The number of carbonyl (C=O) groups is 6. The number of hydrogen-bond acceptors (Lipinski definition) is 15. The highest BCUT2D eigenvalue weighted by Crippen LogP contribution is 2.35. The van der Waals surface area contributed by atoms with Gasteiger partial charge in [-0.25, -0.2) is 4.39 Å². The number of ether oxygens (including phenoxy) is 9. The Morgan fingerprint density at radius 3 is 1.81 bits per heavy atom. The minimum absolute atomic E-state index is 0.0878. The molecule has 2 saturated heterocycles. The predicted octanol–water partition coefficient (Wildman–Crippen LogP) is 1.96. The van der Waals surface area contributed by atoms with E-state index in [-0.39, 0.29) is 6.61 Å². The number of halogens is 1. The van der Waals surface area contributed by atoms with E-state index in [9.17, 15) is 28.8 Å². The standard InChI is InChI=1S/C35H42FNO15/c1-17(38)37-29-31(48-21(5)42)28(36)26(15-44-18(2)39)50-34(29)52-32-30(47-20(4)41)27(16-45-19(3)40)51-35(33(32)49-22(6)43)46-14-23-11-12-24-9-7-8-10-25(24)13-23/h7-13,26-35H,14-16H2,1-6H3,(H,37,38)/t26-,27-,28-,29-,30-,31+,32+,33-,34+,35-/m1/s1. The zero-order chi connectivity index (χ0) is 38.1. The van der Waals surface area contributed by atoms with Crippen molar-refractivity contribution >= 4 is 46.5 Å². The molecule has 1 N–H and O–H groups in total. The first-order valence-electron chi connectivity index (χ1n) is 16.4. The summed E-state index contributed by atoms with van der Waals surface area (Å²) in [5.74, 6) is -4.76. The number of carbonyl (C=O) groups excluding carboxylic acids is 6. The average Bonchev–Trinajstić information content (AvgIpc) is 3.06. The lowest BCUT2D eigenvalue weighted by Gasteiger charge is -2.48. The molecule has 4 rings (SSSR count). The van der Waals surface area contributed by atoms with Crippen LogP contribution in [-0.2, 0) is 78.0 Å². The van der Waals surface area contributed by atoms with Crippen LogP contribution in [0.25, 0.3) is 10.8 Å². The molecule has 0 aromatic heterocycles. The van der Waals surface area contributed by atoms with E-state index < -0.39 is 110 Å². The number of alkyl halides is 1. The lowest BCUT2D eigenvalue weighted by atomic mass is 9.95. The molecule has 284 valence electrons. The Morgan fingerprint density at radius 2 is 1.21 bits per heavy atom. The van der Waals surface area contributed by atoms with Crippen LogP contribution in [0.4, 0.5) is 4.39 Å². The lowest BCUT2D eigenvalue weighted by molar-refractivity contribution is -0.348. The maximum Gasteiger partial charge on any atom is 0.303 e. The van der Waals surface area contributed by atoms with Gasteiger partial charge in [0.15, 0.2) is 37.1 Å². The zero-order valence-corrected chi connectivity index (χ0v) is 29.4. The third-order valence-electron chi connectivity index (χ3n) is 7.91. The van der Waals surface area contributed by atoms with Crippen molar-refractivity contribution in [2.24, 2.45) is 0 Å². The van der Waals surface area contributed by atoms with Crippen molar-refractivity contribution in [3.63, 3.8) is 0 Å². The van der Waals surface area contributed by atoms with Gasteiger partial charge in [0.05, 0.1) is 6.61 Å². The summed E-state index contributed by atoms with van der Waals surface area (Å²) in [6.45, 7) is 5.32. The third kappa shape index (κ3) is 10.9. The van der Waals surface area contributed by atoms with Crippen LogP contribution in [-0.4, -0.2) is 110 Å². The van der Waals surface area contributed by atoms with Crippen LogP contribution in [0.3, 0.4) is 0 Å². The van der Waals surface area contributed by atoms with Gasteiger partial charge in [-0.05, 0) is 22.4 Å². The second-order valence-corrected chi connectivity index (χ2v) is 12.2. The van der Waals surface area contributed by atoms with Crippen LogP contribution in [0.1, 0.15) is 47.1 Å². The second-order valence-electron chi connectivity index (χ2n) is 12.2. The summed E-state index contributed by atoms with van der Waals surface area (Å²) in [5, 5.41) is 4.37. The summed E-state index contributed by atoms with van der Waals surface area (Å²) in [6.07, 6.45) is -14.6. The van der Waals surface area contributed by atoms with Crippen molar-refractivity contribution < 1.29 is 75.8 Å². The molecule has 2 aromatic carbocycles. The van der Waals surface area contributed by atoms with E-state index in [0.29, 0.717) is 5.56 Å². The Bertz CT molecular complexity index is 1620. The van der Waals surface area contributed by atoms with Gasteiger partial charge in [0.25, 0.3) is 0 Å². The average molecular weight is 736 g/mol. The summed E-state index contributed by atoms with van der Waals surface area (Å²) in [6, 6.07) is 11.7. The van der Waals surface area contributed by atoms with Gasteiger partial charge in [0.2, 0.25) is 5.91 Å². The topological polar surface area (TPSA) is 198 Å². The summed E-state index contributed by atoms with van der Waals surface area (Å²) < 4.78 is 67.2. The molecule has 16 nitrogen and oxygen atoms in total. The van der Waals surface area contributed by atoms with Crippen LogP contribution < -0.4 is 5.32 Å². The van der Waals surface area contributed by atoms with E-state index in [1.54, 1.807) is 0 Å². The molecule has 2 aromatic rings. The van der Waals surface area contributed by atoms with E-state index >= 15 is 4.39 Å². The monoisotopic (exact) mass is 735 g/mol. The Kier molecular flexibility index (Phi) is 14.0. The molecule has 17 heteroatoms. The van der Waals surface area contributed by atoms with Gasteiger partial charge >= 0.3 is 29.8 Å². The first-order chi connectivity index (χ1) is 24.6. The van der Waals surface area contributed by atoms with Crippen molar-refractivity contribution in [1.29, 1.82) is 0 Å². The zero-order valence-electron chi connectivity index (χ0n) is 29.4. The Labute approximate surface area is 298 Å². The third-order valence-corrected chi connectivity index (χ3v) is 7.91. The number of hydrogen-bond donors (Lipinski definition) is 1. The molecule has 0 aliphatic carbocycles. The van der Waals surface area contributed by atoms with Crippen LogP contribution in [0.5, 0.6) is 0 Å². The largest absolute Gasteiger partial charge is 0.463 e. The minimum atomic E-state index is -2.14. The number of esters is 5. The highest BCUT2D eigenvalue weighted by atomic mass is 19.1. The fourth-order valence-corrected chi connectivity index (χ4v) is 5.87. The summed E-state index contributed by atoms with van der Waals surface area (Å²) in [7, 11) is 0. The van der Waals surface area contributed by atoms with Crippen LogP contribution in [0.15, 0.2) is 42.5 Å². The van der Waals surface area contributed by atoms with Crippen molar-refractivity contribution in [1.82, 2.24) is 5.32 Å². The van der Waals surface area contributed by atoms with Crippen molar-refractivity contribution in [3.05, 3.63) is 48.0 Å². The normalized spacial score (nSPS) is 28.6. The summed E-state index contributed by atoms with van der Waals surface area (Å²) in [5.41, 5.74) is 0.702. The van der Waals surface area contributed by atoms with Gasteiger partial charge in [-0.15, -0.1) is 0 Å². The molecule has 0 radical (unpaired) electrons. The summed E-state index contributed by atoms with van der Waals surface area (Å²) in [4.78, 5) is 73.0. The number of nitrogens with one attached hydrogen (secondary N) is 1. The van der Waals surface area contributed by atoms with Gasteiger partial charge in [-0.2, -0.15) is 0 Å². The Balaban J connectivity index is 1.77. The van der Waals surface area contributed by atoms with Gasteiger partial charge < -0.3 is 47.9 Å². The molecule has 2 fully saturated rings. The number of rotatable bonds is 13.